The van der Waals surface area contributed by atoms with E-state index in [1.165, 1.54) is 28.4 Å². The highest BCUT2D eigenvalue weighted by molar-refractivity contribution is 5.76. The number of nitrogens with one attached hydrogen (secondary N) is 2. The van der Waals surface area contributed by atoms with Gasteiger partial charge in [-0.15, -0.1) is 0 Å². The fourth-order valence-electron chi connectivity index (χ4n) is 4.13. The largest absolute Gasteiger partial charge is 0.469 e. The molecule has 15 heteroatoms. The number of hydrogen-bond donors (Lipinski definition) is 2. The lowest BCUT2D eigenvalue weighted by Crippen LogP contribution is -2.39. The Morgan fingerprint density at radius 2 is 0.705 bits per heavy atom. The molecule has 0 aromatic carbocycles. The SMILES string of the molecule is CCCN(CCC(=O)NCCN(CCC(=O)OC)CCC(=O)OC)CCC(=O)NCCN(CCC(=O)OC)CCC(=O)OC. The van der Waals surface area contributed by atoms with Crippen LogP contribution in [-0.2, 0) is 47.7 Å². The van der Waals surface area contributed by atoms with E-state index in [-0.39, 0.29) is 74.2 Å². The molecule has 0 saturated heterocycles. The summed E-state index contributed by atoms with van der Waals surface area (Å²) in [6.45, 7) is 6.97. The van der Waals surface area contributed by atoms with Gasteiger partial charge >= 0.3 is 23.9 Å². The molecule has 0 aromatic rings. The van der Waals surface area contributed by atoms with Gasteiger partial charge in [0, 0.05) is 78.3 Å². The molecular formula is C29H53N5O10. The highest BCUT2D eigenvalue weighted by Gasteiger charge is 2.15. The molecule has 15 nitrogen and oxygen atoms in total. The Labute approximate surface area is 261 Å². The Morgan fingerprint density at radius 1 is 0.432 bits per heavy atom. The second-order valence-corrected chi connectivity index (χ2v) is 10.0. The summed E-state index contributed by atoms with van der Waals surface area (Å²) in [5, 5.41) is 5.76. The van der Waals surface area contributed by atoms with Crippen molar-refractivity contribution in [3.05, 3.63) is 0 Å². The van der Waals surface area contributed by atoms with Crippen molar-refractivity contribution in [1.29, 1.82) is 0 Å². The fraction of sp³-hybridized carbons (Fsp3) is 0.793. The Kier molecular flexibility index (Phi) is 24.2. The third-order valence-corrected chi connectivity index (χ3v) is 6.79. The average molecular weight is 632 g/mol. The maximum absolute atomic E-state index is 12.5. The average Bonchev–Trinajstić information content (AvgIpc) is 3.03. The molecule has 0 radical (unpaired) electrons. The van der Waals surface area contributed by atoms with Crippen LogP contribution in [0.25, 0.3) is 0 Å². The number of ether oxygens (including phenoxy) is 4. The van der Waals surface area contributed by atoms with E-state index in [1.54, 1.807) is 0 Å². The third-order valence-electron chi connectivity index (χ3n) is 6.79. The van der Waals surface area contributed by atoms with Gasteiger partial charge in [-0.1, -0.05) is 6.92 Å². The summed E-state index contributed by atoms with van der Waals surface area (Å²) in [5.41, 5.74) is 0. The zero-order valence-electron chi connectivity index (χ0n) is 27.2. The molecule has 0 aromatic heterocycles. The van der Waals surface area contributed by atoms with Gasteiger partial charge in [0.1, 0.15) is 0 Å². The first-order chi connectivity index (χ1) is 21.1. The van der Waals surface area contributed by atoms with Gasteiger partial charge in [0.15, 0.2) is 0 Å². The van der Waals surface area contributed by atoms with Crippen LogP contribution in [0.2, 0.25) is 0 Å². The van der Waals surface area contributed by atoms with Crippen molar-refractivity contribution in [3.8, 4) is 0 Å². The molecule has 0 spiro atoms. The van der Waals surface area contributed by atoms with E-state index < -0.39 is 0 Å². The van der Waals surface area contributed by atoms with Crippen LogP contribution < -0.4 is 10.6 Å². The normalized spacial score (nSPS) is 10.9. The number of amides is 2. The molecule has 0 aliphatic carbocycles. The predicted molar refractivity (Wildman–Crippen MR) is 161 cm³/mol. The Bertz CT molecular complexity index is 767. The van der Waals surface area contributed by atoms with Crippen LogP contribution in [0.5, 0.6) is 0 Å². The van der Waals surface area contributed by atoms with Gasteiger partial charge in [0.05, 0.1) is 54.1 Å². The maximum Gasteiger partial charge on any atom is 0.306 e. The van der Waals surface area contributed by atoms with E-state index in [4.69, 9.17) is 0 Å². The Balaban J connectivity index is 4.56. The zero-order valence-corrected chi connectivity index (χ0v) is 27.2. The van der Waals surface area contributed by atoms with Gasteiger partial charge in [-0.2, -0.15) is 0 Å². The van der Waals surface area contributed by atoms with Crippen molar-refractivity contribution >= 4 is 35.7 Å². The van der Waals surface area contributed by atoms with Gasteiger partial charge in [0.25, 0.3) is 0 Å². The van der Waals surface area contributed by atoms with Gasteiger partial charge < -0.3 is 44.3 Å². The molecule has 2 N–H and O–H groups in total. The van der Waals surface area contributed by atoms with Crippen molar-refractivity contribution in [2.24, 2.45) is 0 Å². The molecule has 0 atom stereocenters. The van der Waals surface area contributed by atoms with Gasteiger partial charge in [-0.3, -0.25) is 28.8 Å². The Morgan fingerprint density at radius 3 is 0.977 bits per heavy atom. The molecule has 0 aliphatic rings. The lowest BCUT2D eigenvalue weighted by atomic mass is 10.2. The number of nitrogens with zero attached hydrogens (tertiary/aromatic N) is 3. The number of methoxy groups -OCH3 is 4. The van der Waals surface area contributed by atoms with E-state index in [9.17, 15) is 28.8 Å². The first-order valence-electron chi connectivity index (χ1n) is 15.1. The lowest BCUT2D eigenvalue weighted by Gasteiger charge is -2.23. The second-order valence-electron chi connectivity index (χ2n) is 10.0. The summed E-state index contributed by atoms with van der Waals surface area (Å²) in [4.78, 5) is 76.9. The first-order valence-corrected chi connectivity index (χ1v) is 15.1. The fourth-order valence-corrected chi connectivity index (χ4v) is 4.13. The molecule has 0 bridgehead atoms. The van der Waals surface area contributed by atoms with Crippen LogP contribution >= 0.6 is 0 Å². The quantitative estimate of drug-likeness (QED) is 0.0931. The van der Waals surface area contributed by atoms with Gasteiger partial charge in [-0.25, -0.2) is 0 Å². The molecular weight excluding hydrogens is 578 g/mol. The van der Waals surface area contributed by atoms with Crippen LogP contribution in [0.1, 0.15) is 51.9 Å². The van der Waals surface area contributed by atoms with Crippen LogP contribution in [0.15, 0.2) is 0 Å². The monoisotopic (exact) mass is 631 g/mol. The summed E-state index contributed by atoms with van der Waals surface area (Å²) in [6, 6.07) is 0. The number of hydrogen-bond acceptors (Lipinski definition) is 13. The standard InChI is InChI=1S/C29H53N5O10/c1-6-15-32(16-7-24(35)30-13-22-33(18-9-26(37)41-2)19-10-27(38)42-3)17-8-25(36)31-14-23-34(20-11-28(39)43-4)21-12-29(40)44-5/h6-23H2,1-5H3,(H,30,35)(H,31,36). The van der Waals surface area contributed by atoms with Crippen molar-refractivity contribution in [2.75, 3.05) is 100 Å². The molecule has 254 valence electrons. The molecule has 0 saturated carbocycles. The molecule has 0 rings (SSSR count). The van der Waals surface area contributed by atoms with E-state index in [2.05, 4.69) is 34.5 Å². The number of carbonyl (C=O) groups excluding carboxylic acids is 6. The van der Waals surface area contributed by atoms with E-state index >= 15 is 0 Å². The van der Waals surface area contributed by atoms with Crippen molar-refractivity contribution in [2.45, 2.75) is 51.9 Å². The number of rotatable bonds is 26. The highest BCUT2D eigenvalue weighted by Crippen LogP contribution is 2.00. The van der Waals surface area contributed by atoms with E-state index in [0.717, 1.165) is 13.0 Å². The maximum atomic E-state index is 12.5. The molecule has 0 aliphatic heterocycles. The number of esters is 4. The van der Waals surface area contributed by atoms with Crippen molar-refractivity contribution in [3.63, 3.8) is 0 Å². The molecule has 2 amide bonds. The minimum absolute atomic E-state index is 0.129. The van der Waals surface area contributed by atoms with Crippen LogP contribution in [0.4, 0.5) is 0 Å². The van der Waals surface area contributed by atoms with Crippen LogP contribution in [0, 0.1) is 0 Å². The van der Waals surface area contributed by atoms with Crippen LogP contribution in [-0.4, -0.2) is 151 Å². The second kappa shape index (κ2) is 26.1. The van der Waals surface area contributed by atoms with Crippen molar-refractivity contribution < 1.29 is 47.7 Å². The number of carbonyl (C=O) groups is 6. The first kappa shape index (κ1) is 40.7. The van der Waals surface area contributed by atoms with E-state index in [0.29, 0.717) is 65.4 Å². The smallest absolute Gasteiger partial charge is 0.306 e. The molecule has 0 heterocycles. The summed E-state index contributed by atoms with van der Waals surface area (Å²) in [6.07, 6.45) is 2.10. The zero-order chi connectivity index (χ0) is 33.2. The Hall–Kier alpha value is -3.30. The summed E-state index contributed by atoms with van der Waals surface area (Å²) >= 11 is 0. The topological polar surface area (TPSA) is 173 Å². The van der Waals surface area contributed by atoms with Gasteiger partial charge in [0.2, 0.25) is 11.8 Å². The third kappa shape index (κ3) is 22.3. The predicted octanol–water partition coefficient (Wildman–Crippen LogP) is -0.433. The summed E-state index contributed by atoms with van der Waals surface area (Å²) in [5.74, 6) is -1.67. The molecule has 44 heavy (non-hydrogen) atoms. The van der Waals surface area contributed by atoms with Gasteiger partial charge in [-0.05, 0) is 13.0 Å². The summed E-state index contributed by atoms with van der Waals surface area (Å²) in [7, 11) is 5.27. The molecule has 0 fully saturated rings. The highest BCUT2D eigenvalue weighted by atomic mass is 16.5. The minimum Gasteiger partial charge on any atom is -0.469 e. The summed E-state index contributed by atoms with van der Waals surface area (Å²) < 4.78 is 18.7. The molecule has 0 unspecified atom stereocenters. The minimum atomic E-state index is -0.352. The lowest BCUT2D eigenvalue weighted by molar-refractivity contribution is -0.142. The van der Waals surface area contributed by atoms with Crippen molar-refractivity contribution in [1.82, 2.24) is 25.3 Å². The van der Waals surface area contributed by atoms with Crippen LogP contribution in [0.3, 0.4) is 0 Å². The van der Waals surface area contributed by atoms with E-state index in [1.807, 2.05) is 16.7 Å².